The molecule has 0 aliphatic rings. The van der Waals surface area contributed by atoms with Crippen LogP contribution in [0.2, 0.25) is 0 Å². The summed E-state index contributed by atoms with van der Waals surface area (Å²) in [7, 11) is -0.760. The molecule has 0 aliphatic carbocycles. The van der Waals surface area contributed by atoms with E-state index in [0.29, 0.717) is 11.8 Å². The van der Waals surface area contributed by atoms with Crippen LogP contribution in [-0.2, 0) is 16.6 Å². The highest BCUT2D eigenvalue weighted by atomic mass is 32.2. The summed E-state index contributed by atoms with van der Waals surface area (Å²) in [4.78, 5) is 0. The molecule has 1 N–H and O–H groups in total. The Balaban J connectivity index is 2.37. The van der Waals surface area contributed by atoms with Crippen LogP contribution in [0.4, 0.5) is 0 Å². The fourth-order valence-electron chi connectivity index (χ4n) is 1.48. The Morgan fingerprint density at radius 2 is 2.00 bits per heavy atom. The Kier molecular flexibility index (Phi) is 5.71. The third-order valence-electron chi connectivity index (χ3n) is 2.46. The van der Waals surface area contributed by atoms with Gasteiger partial charge in [0.05, 0.1) is 0 Å². The van der Waals surface area contributed by atoms with Gasteiger partial charge in [-0.25, -0.2) is 0 Å². The summed E-state index contributed by atoms with van der Waals surface area (Å²) < 4.78 is 11.8. The molecule has 1 aromatic carbocycles. The Morgan fingerprint density at radius 1 is 1.31 bits per heavy atom. The Bertz CT molecular complexity index is 350. The molecule has 3 heteroatoms. The number of rotatable bonds is 6. The maximum atomic E-state index is 11.8. The molecule has 0 bridgehead atoms. The van der Waals surface area contributed by atoms with Gasteiger partial charge in [-0.3, -0.25) is 4.21 Å². The fourth-order valence-corrected chi connectivity index (χ4v) is 2.64. The summed E-state index contributed by atoms with van der Waals surface area (Å²) in [6.45, 7) is 7.10. The zero-order chi connectivity index (χ0) is 12.0. The van der Waals surface area contributed by atoms with Crippen molar-refractivity contribution in [2.75, 3.05) is 12.3 Å². The van der Waals surface area contributed by atoms with E-state index in [1.54, 1.807) is 0 Å². The second-order valence-corrected chi connectivity index (χ2v) is 5.90. The highest BCUT2D eigenvalue weighted by molar-refractivity contribution is 7.84. The van der Waals surface area contributed by atoms with Crippen LogP contribution in [0.25, 0.3) is 0 Å². The van der Waals surface area contributed by atoms with Crippen LogP contribution in [-0.4, -0.2) is 22.5 Å². The van der Waals surface area contributed by atoms with Crippen molar-refractivity contribution >= 4 is 10.8 Å². The maximum absolute atomic E-state index is 11.8. The van der Waals surface area contributed by atoms with Gasteiger partial charge in [0.25, 0.3) is 0 Å². The van der Waals surface area contributed by atoms with E-state index in [2.05, 4.69) is 38.2 Å². The first-order valence-corrected chi connectivity index (χ1v) is 7.21. The van der Waals surface area contributed by atoms with Crippen molar-refractivity contribution in [2.24, 2.45) is 0 Å². The van der Waals surface area contributed by atoms with Crippen molar-refractivity contribution in [3.8, 4) is 0 Å². The molecule has 0 aliphatic heterocycles. The molecular formula is C13H21NOS. The van der Waals surface area contributed by atoms with E-state index in [0.717, 1.165) is 12.3 Å². The van der Waals surface area contributed by atoms with E-state index in [-0.39, 0.29) is 0 Å². The predicted octanol–water partition coefficient (Wildman–Crippen LogP) is 2.24. The smallest absolute Gasteiger partial charge is 0.0488 e. The summed E-state index contributed by atoms with van der Waals surface area (Å²) in [5, 5.41) is 3.28. The lowest BCUT2D eigenvalue weighted by Crippen LogP contribution is -2.27. The minimum absolute atomic E-state index is 0.468. The van der Waals surface area contributed by atoms with Crippen LogP contribution in [0.3, 0.4) is 0 Å². The van der Waals surface area contributed by atoms with Crippen LogP contribution in [0.1, 0.15) is 25.0 Å². The summed E-state index contributed by atoms with van der Waals surface area (Å²) in [6.07, 6.45) is 0. The third kappa shape index (κ3) is 4.90. The van der Waals surface area contributed by atoms with Crippen molar-refractivity contribution in [1.82, 2.24) is 5.32 Å². The first-order valence-electron chi connectivity index (χ1n) is 5.72. The molecule has 0 amide bonds. The Hall–Kier alpha value is -0.670. The molecule has 90 valence electrons. The van der Waals surface area contributed by atoms with E-state index in [1.807, 2.05) is 12.1 Å². The van der Waals surface area contributed by atoms with Gasteiger partial charge in [-0.2, -0.15) is 0 Å². The lowest BCUT2D eigenvalue weighted by Gasteiger charge is -2.08. The molecule has 0 heterocycles. The molecule has 0 aromatic heterocycles. The summed E-state index contributed by atoms with van der Waals surface area (Å²) in [5.41, 5.74) is 2.43. The van der Waals surface area contributed by atoms with Gasteiger partial charge >= 0.3 is 0 Å². The number of aryl methyl sites for hydroxylation is 1. The molecular weight excluding hydrogens is 218 g/mol. The topological polar surface area (TPSA) is 29.1 Å². The van der Waals surface area contributed by atoms with Gasteiger partial charge in [0.15, 0.2) is 0 Å². The van der Waals surface area contributed by atoms with Crippen molar-refractivity contribution < 1.29 is 4.21 Å². The van der Waals surface area contributed by atoms with Gasteiger partial charge in [-0.1, -0.05) is 38.1 Å². The van der Waals surface area contributed by atoms with Crippen LogP contribution in [0.5, 0.6) is 0 Å². The normalized spacial score (nSPS) is 13.0. The first kappa shape index (κ1) is 13.4. The van der Waals surface area contributed by atoms with E-state index in [9.17, 15) is 4.21 Å². The van der Waals surface area contributed by atoms with Crippen molar-refractivity contribution in [2.45, 2.75) is 32.6 Å². The molecule has 0 saturated heterocycles. The largest absolute Gasteiger partial charge is 0.314 e. The van der Waals surface area contributed by atoms with Gasteiger partial charge in [-0.15, -0.1) is 0 Å². The van der Waals surface area contributed by atoms with Crippen LogP contribution in [0.15, 0.2) is 24.3 Å². The first-order chi connectivity index (χ1) is 7.59. The molecule has 0 radical (unpaired) electrons. The zero-order valence-corrected chi connectivity index (χ0v) is 11.1. The van der Waals surface area contributed by atoms with Gasteiger partial charge in [0.1, 0.15) is 0 Å². The van der Waals surface area contributed by atoms with Gasteiger partial charge in [-0.05, 0) is 18.1 Å². The third-order valence-corrected chi connectivity index (χ3v) is 3.75. The quantitative estimate of drug-likeness (QED) is 0.825. The lowest BCUT2D eigenvalue weighted by atomic mass is 10.1. The SMILES string of the molecule is Cc1ccccc1CS(=O)CCNC(C)C. The zero-order valence-electron chi connectivity index (χ0n) is 10.3. The van der Waals surface area contributed by atoms with E-state index < -0.39 is 10.8 Å². The second-order valence-electron chi connectivity index (χ2n) is 4.32. The van der Waals surface area contributed by atoms with Crippen LogP contribution >= 0.6 is 0 Å². The summed E-state index contributed by atoms with van der Waals surface area (Å²) in [6, 6.07) is 8.62. The predicted molar refractivity (Wildman–Crippen MR) is 71.0 cm³/mol. The van der Waals surface area contributed by atoms with Crippen LogP contribution < -0.4 is 5.32 Å². The molecule has 1 atom stereocenters. The standard InChI is InChI=1S/C13H21NOS/c1-11(2)14-8-9-16(15)10-13-7-5-4-6-12(13)3/h4-7,11,14H,8-10H2,1-3H3. The lowest BCUT2D eigenvalue weighted by molar-refractivity contribution is 0.610. The van der Waals surface area contributed by atoms with Crippen molar-refractivity contribution in [1.29, 1.82) is 0 Å². The van der Waals surface area contributed by atoms with Gasteiger partial charge < -0.3 is 5.32 Å². The second kappa shape index (κ2) is 6.81. The Morgan fingerprint density at radius 3 is 2.62 bits per heavy atom. The highest BCUT2D eigenvalue weighted by Crippen LogP contribution is 2.09. The van der Waals surface area contributed by atoms with E-state index in [4.69, 9.17) is 0 Å². The number of hydrogen-bond donors (Lipinski definition) is 1. The minimum atomic E-state index is -0.760. The van der Waals surface area contributed by atoms with E-state index in [1.165, 1.54) is 11.1 Å². The molecule has 0 saturated carbocycles. The molecule has 0 spiro atoms. The Labute approximate surface area is 101 Å². The number of hydrogen-bond acceptors (Lipinski definition) is 2. The average Bonchev–Trinajstić information content (AvgIpc) is 2.21. The number of nitrogens with one attached hydrogen (secondary N) is 1. The van der Waals surface area contributed by atoms with Gasteiger partial charge in [0.2, 0.25) is 0 Å². The summed E-state index contributed by atoms with van der Waals surface area (Å²) in [5.74, 6) is 1.40. The average molecular weight is 239 g/mol. The van der Waals surface area contributed by atoms with E-state index >= 15 is 0 Å². The van der Waals surface area contributed by atoms with Crippen molar-refractivity contribution in [3.05, 3.63) is 35.4 Å². The molecule has 1 rings (SSSR count). The molecule has 0 fully saturated rings. The molecule has 1 unspecified atom stereocenters. The van der Waals surface area contributed by atoms with Gasteiger partial charge in [0, 0.05) is 34.9 Å². The maximum Gasteiger partial charge on any atom is 0.0488 e. The molecule has 16 heavy (non-hydrogen) atoms. The molecule has 1 aromatic rings. The molecule has 2 nitrogen and oxygen atoms in total. The van der Waals surface area contributed by atoms with Crippen molar-refractivity contribution in [3.63, 3.8) is 0 Å². The fraction of sp³-hybridized carbons (Fsp3) is 0.538. The monoisotopic (exact) mass is 239 g/mol. The summed E-state index contributed by atoms with van der Waals surface area (Å²) >= 11 is 0. The number of benzene rings is 1. The van der Waals surface area contributed by atoms with Crippen LogP contribution in [0, 0.1) is 6.92 Å². The minimum Gasteiger partial charge on any atom is -0.314 e. The highest BCUT2D eigenvalue weighted by Gasteiger charge is 2.04.